The van der Waals surface area contributed by atoms with Crippen LogP contribution in [0.4, 0.5) is 0 Å². The first kappa shape index (κ1) is 14.0. The van der Waals surface area contributed by atoms with Crippen molar-refractivity contribution in [3.8, 4) is 0 Å². The molecule has 96 valence electrons. The zero-order valence-electron chi connectivity index (χ0n) is 11.8. The first-order chi connectivity index (χ1) is 7.45. The minimum atomic E-state index is 0.475. The molecule has 1 fully saturated rings. The van der Waals surface area contributed by atoms with Crippen LogP contribution < -0.4 is 5.73 Å². The molecule has 1 rings (SSSR count). The molecule has 0 aromatic heterocycles. The normalized spacial score (nSPS) is 31.7. The third-order valence-corrected chi connectivity index (χ3v) is 4.44. The van der Waals surface area contributed by atoms with E-state index < -0.39 is 0 Å². The summed E-state index contributed by atoms with van der Waals surface area (Å²) in [5, 5.41) is 0. The molecule has 1 aliphatic carbocycles. The summed E-state index contributed by atoms with van der Waals surface area (Å²) in [6.07, 6.45) is 9.41. The topological polar surface area (TPSA) is 26.0 Å². The molecule has 0 aliphatic heterocycles. The van der Waals surface area contributed by atoms with E-state index in [0.717, 1.165) is 11.8 Å². The van der Waals surface area contributed by atoms with E-state index in [2.05, 4.69) is 27.7 Å². The van der Waals surface area contributed by atoms with Gasteiger partial charge in [0.2, 0.25) is 0 Å². The molecule has 1 heteroatoms. The molecule has 0 bridgehead atoms. The Morgan fingerprint density at radius 3 is 2.38 bits per heavy atom. The summed E-state index contributed by atoms with van der Waals surface area (Å²) in [6, 6.07) is 0.482. The van der Waals surface area contributed by atoms with Crippen molar-refractivity contribution in [2.24, 2.45) is 23.0 Å². The fraction of sp³-hybridized carbons (Fsp3) is 1.00. The maximum atomic E-state index is 6.27. The van der Waals surface area contributed by atoms with E-state index in [1.165, 1.54) is 44.9 Å². The Balaban J connectivity index is 2.42. The van der Waals surface area contributed by atoms with Crippen LogP contribution >= 0.6 is 0 Å². The van der Waals surface area contributed by atoms with Gasteiger partial charge >= 0.3 is 0 Å². The van der Waals surface area contributed by atoms with Gasteiger partial charge in [-0.3, -0.25) is 0 Å². The van der Waals surface area contributed by atoms with Gasteiger partial charge in [-0.2, -0.15) is 0 Å². The molecule has 3 atom stereocenters. The second kappa shape index (κ2) is 6.05. The molecule has 0 amide bonds. The van der Waals surface area contributed by atoms with E-state index in [0.29, 0.717) is 11.5 Å². The van der Waals surface area contributed by atoms with Gasteiger partial charge < -0.3 is 5.73 Å². The van der Waals surface area contributed by atoms with Crippen molar-refractivity contribution in [1.29, 1.82) is 0 Å². The number of hydrogen-bond donors (Lipinski definition) is 1. The van der Waals surface area contributed by atoms with Crippen LogP contribution in [0.3, 0.4) is 0 Å². The van der Waals surface area contributed by atoms with E-state index >= 15 is 0 Å². The molecule has 0 aromatic carbocycles. The second-order valence-corrected chi connectivity index (χ2v) is 6.80. The van der Waals surface area contributed by atoms with Gasteiger partial charge in [0, 0.05) is 6.04 Å². The van der Waals surface area contributed by atoms with Crippen molar-refractivity contribution in [2.45, 2.75) is 78.7 Å². The van der Waals surface area contributed by atoms with Crippen LogP contribution in [0.15, 0.2) is 0 Å². The van der Waals surface area contributed by atoms with Crippen LogP contribution in [-0.2, 0) is 0 Å². The van der Waals surface area contributed by atoms with Crippen LogP contribution in [0.5, 0.6) is 0 Å². The van der Waals surface area contributed by atoms with Crippen molar-refractivity contribution in [1.82, 2.24) is 0 Å². The molecular formula is C15H31N. The third-order valence-electron chi connectivity index (χ3n) is 4.44. The maximum absolute atomic E-state index is 6.27. The fourth-order valence-corrected chi connectivity index (χ4v) is 3.06. The zero-order valence-corrected chi connectivity index (χ0v) is 11.8. The fourth-order valence-electron chi connectivity index (χ4n) is 3.06. The summed E-state index contributed by atoms with van der Waals surface area (Å²) >= 11 is 0. The lowest BCUT2D eigenvalue weighted by Gasteiger charge is -2.40. The van der Waals surface area contributed by atoms with Gasteiger partial charge in [0.15, 0.2) is 0 Å². The molecular weight excluding hydrogens is 194 g/mol. The largest absolute Gasteiger partial charge is 0.327 e. The molecule has 0 radical (unpaired) electrons. The van der Waals surface area contributed by atoms with Crippen LogP contribution in [0.1, 0.15) is 72.6 Å². The summed E-state index contributed by atoms with van der Waals surface area (Å²) in [5.41, 5.74) is 6.74. The highest BCUT2D eigenvalue weighted by Crippen LogP contribution is 2.41. The highest BCUT2D eigenvalue weighted by molar-refractivity contribution is 4.87. The maximum Gasteiger partial charge on any atom is 0.00673 e. The smallest absolute Gasteiger partial charge is 0.00673 e. The first-order valence-electron chi connectivity index (χ1n) is 7.20. The minimum absolute atomic E-state index is 0.475. The Morgan fingerprint density at radius 2 is 1.81 bits per heavy atom. The van der Waals surface area contributed by atoms with Crippen molar-refractivity contribution < 1.29 is 0 Å². The third kappa shape index (κ3) is 4.08. The average Bonchev–Trinajstić information content (AvgIpc) is 2.19. The molecule has 0 spiro atoms. The highest BCUT2D eigenvalue weighted by Gasteiger charge is 2.33. The lowest BCUT2D eigenvalue weighted by molar-refractivity contribution is 0.121. The van der Waals surface area contributed by atoms with Gasteiger partial charge in [0.1, 0.15) is 0 Å². The summed E-state index contributed by atoms with van der Waals surface area (Å²) in [7, 11) is 0. The Hall–Kier alpha value is -0.0400. The molecule has 16 heavy (non-hydrogen) atoms. The van der Waals surface area contributed by atoms with Crippen LogP contribution in [0.2, 0.25) is 0 Å². The minimum Gasteiger partial charge on any atom is -0.327 e. The molecule has 1 saturated carbocycles. The van der Waals surface area contributed by atoms with Gasteiger partial charge in [-0.15, -0.1) is 0 Å². The van der Waals surface area contributed by atoms with E-state index in [1.807, 2.05) is 0 Å². The first-order valence-corrected chi connectivity index (χ1v) is 7.20. The van der Waals surface area contributed by atoms with Gasteiger partial charge in [-0.05, 0) is 42.9 Å². The van der Waals surface area contributed by atoms with Crippen LogP contribution in [-0.4, -0.2) is 6.04 Å². The lowest BCUT2D eigenvalue weighted by Crippen LogP contribution is -2.39. The molecule has 1 aliphatic rings. The predicted octanol–water partition coefficient (Wildman–Crippen LogP) is 4.36. The summed E-state index contributed by atoms with van der Waals surface area (Å²) < 4.78 is 0. The van der Waals surface area contributed by atoms with Crippen molar-refractivity contribution in [3.63, 3.8) is 0 Å². The van der Waals surface area contributed by atoms with E-state index in [9.17, 15) is 0 Å². The number of unbranched alkanes of at least 4 members (excludes halogenated alkanes) is 2. The summed E-state index contributed by atoms with van der Waals surface area (Å²) in [5.74, 6) is 1.68. The number of nitrogens with two attached hydrogens (primary N) is 1. The molecule has 0 saturated heterocycles. The molecule has 3 unspecified atom stereocenters. The van der Waals surface area contributed by atoms with Crippen molar-refractivity contribution >= 4 is 0 Å². The Labute approximate surface area is 102 Å². The van der Waals surface area contributed by atoms with Gasteiger partial charge in [0.05, 0.1) is 0 Å². The second-order valence-electron chi connectivity index (χ2n) is 6.80. The summed E-state index contributed by atoms with van der Waals surface area (Å²) in [6.45, 7) is 9.44. The van der Waals surface area contributed by atoms with Gasteiger partial charge in [-0.1, -0.05) is 47.0 Å². The van der Waals surface area contributed by atoms with Crippen LogP contribution in [0, 0.1) is 17.3 Å². The van der Waals surface area contributed by atoms with E-state index in [1.54, 1.807) is 0 Å². The van der Waals surface area contributed by atoms with Crippen molar-refractivity contribution in [2.75, 3.05) is 0 Å². The highest BCUT2D eigenvalue weighted by atomic mass is 14.7. The average molecular weight is 225 g/mol. The molecule has 0 aromatic rings. The Morgan fingerprint density at radius 1 is 1.12 bits per heavy atom. The quantitative estimate of drug-likeness (QED) is 0.707. The molecule has 0 heterocycles. The van der Waals surface area contributed by atoms with Gasteiger partial charge in [-0.25, -0.2) is 0 Å². The number of hydrogen-bond acceptors (Lipinski definition) is 1. The van der Waals surface area contributed by atoms with Crippen molar-refractivity contribution in [3.05, 3.63) is 0 Å². The Kier molecular flexibility index (Phi) is 5.30. The predicted molar refractivity (Wildman–Crippen MR) is 72.4 cm³/mol. The molecule has 1 nitrogen and oxygen atoms in total. The lowest BCUT2D eigenvalue weighted by atomic mass is 9.67. The molecule has 2 N–H and O–H groups in total. The zero-order chi connectivity index (χ0) is 12.2. The van der Waals surface area contributed by atoms with Gasteiger partial charge in [0.25, 0.3) is 0 Å². The Bertz CT molecular complexity index is 192. The number of rotatable bonds is 4. The standard InChI is InChI=1S/C15H31N/c1-5-6-7-8-12-11-13(15(2,3)4)9-10-14(12)16/h12-14H,5-11,16H2,1-4H3. The van der Waals surface area contributed by atoms with E-state index in [-0.39, 0.29) is 0 Å². The monoisotopic (exact) mass is 225 g/mol. The van der Waals surface area contributed by atoms with E-state index in [4.69, 9.17) is 5.73 Å². The summed E-state index contributed by atoms with van der Waals surface area (Å²) in [4.78, 5) is 0. The van der Waals surface area contributed by atoms with Crippen LogP contribution in [0.25, 0.3) is 0 Å². The SMILES string of the molecule is CCCCCC1CC(C(C)(C)C)CCC1N.